The Morgan fingerprint density at radius 1 is 1.60 bits per heavy atom. The average molecular weight is 164 g/mol. The second-order valence-electron chi connectivity index (χ2n) is 1.62. The number of thioether (sulfide) groups is 1. The van der Waals surface area contributed by atoms with Crippen molar-refractivity contribution in [2.75, 3.05) is 6.01 Å². The largest absolute Gasteiger partial charge is 0.279 e. The van der Waals surface area contributed by atoms with Crippen LogP contribution in [0.25, 0.3) is 0 Å². The van der Waals surface area contributed by atoms with Crippen molar-refractivity contribution in [2.45, 2.75) is 11.7 Å². The molecule has 0 radical (unpaired) electrons. The normalized spacial score (nSPS) is 10.2. The van der Waals surface area contributed by atoms with E-state index in [-0.39, 0.29) is 0 Å². The van der Waals surface area contributed by atoms with Crippen molar-refractivity contribution in [3.63, 3.8) is 0 Å². The van der Waals surface area contributed by atoms with Crippen molar-refractivity contribution in [1.29, 1.82) is 0 Å². The minimum atomic E-state index is -0.583. The van der Waals surface area contributed by atoms with E-state index in [1.54, 1.807) is 0 Å². The molecule has 0 spiro atoms. The topological polar surface area (TPSA) is 28.7 Å². The van der Waals surface area contributed by atoms with Gasteiger partial charge in [0.25, 0.3) is 0 Å². The van der Waals surface area contributed by atoms with E-state index in [0.717, 1.165) is 11.8 Å². The van der Waals surface area contributed by atoms with E-state index >= 15 is 0 Å². The molecule has 0 saturated carbocycles. The van der Waals surface area contributed by atoms with Crippen LogP contribution < -0.4 is 0 Å². The van der Waals surface area contributed by atoms with Crippen LogP contribution >= 0.6 is 11.8 Å². The van der Waals surface area contributed by atoms with Crippen LogP contribution in [0.2, 0.25) is 0 Å². The molecule has 0 fully saturated rings. The Balaban J connectivity index is 2.59. The Morgan fingerprint density at radius 2 is 2.40 bits per heavy atom. The Labute approximate surface area is 61.0 Å². The number of hydrogen-bond donors (Lipinski definition) is 1. The number of nitrogens with zero attached hydrogens (tertiary/aromatic N) is 1. The fourth-order valence-electron chi connectivity index (χ4n) is 0.539. The van der Waals surface area contributed by atoms with Gasteiger partial charge in [0, 0.05) is 0 Å². The van der Waals surface area contributed by atoms with Gasteiger partial charge in [0.1, 0.15) is 17.7 Å². The molecule has 0 saturated heterocycles. The summed E-state index contributed by atoms with van der Waals surface area (Å²) in [5.41, 5.74) is 0.385. The van der Waals surface area contributed by atoms with Gasteiger partial charge >= 0.3 is 0 Å². The Kier molecular flexibility index (Phi) is 2.68. The molecule has 0 aliphatic rings. The van der Waals surface area contributed by atoms with Gasteiger partial charge in [-0.25, -0.2) is 8.78 Å². The monoisotopic (exact) mass is 164 g/mol. The predicted octanol–water partition coefficient (Wildman–Crippen LogP) is 1.90. The van der Waals surface area contributed by atoms with Crippen molar-refractivity contribution in [2.24, 2.45) is 0 Å². The summed E-state index contributed by atoms with van der Waals surface area (Å²) < 4.78 is 23.4. The first-order valence-corrected chi connectivity index (χ1v) is 3.64. The number of rotatable bonds is 3. The Hall–Kier alpha value is -0.580. The molecular formula is C5H6F2N2S. The molecule has 1 heterocycles. The molecule has 5 heteroatoms. The SMILES string of the molecule is FCSc1cc(CF)[nH]n1. The maximum Gasteiger partial charge on any atom is 0.141 e. The van der Waals surface area contributed by atoms with Crippen LogP contribution in [0.15, 0.2) is 11.1 Å². The molecule has 1 N–H and O–H groups in total. The lowest BCUT2D eigenvalue weighted by Crippen LogP contribution is -1.74. The van der Waals surface area contributed by atoms with Crippen molar-refractivity contribution >= 4 is 11.8 Å². The molecule has 0 atom stereocenters. The van der Waals surface area contributed by atoms with Gasteiger partial charge in [0.2, 0.25) is 0 Å². The minimum absolute atomic E-state index is 0.385. The summed E-state index contributed by atoms with van der Waals surface area (Å²) in [6.45, 7) is -0.583. The van der Waals surface area contributed by atoms with E-state index in [9.17, 15) is 8.78 Å². The lowest BCUT2D eigenvalue weighted by molar-refractivity contribution is 0.475. The standard InChI is InChI=1S/C5H6F2N2S/c6-2-4-1-5(9-8-4)10-3-7/h1H,2-3H2,(H,8,9). The first-order valence-electron chi connectivity index (χ1n) is 2.66. The van der Waals surface area contributed by atoms with Crippen LogP contribution in [-0.2, 0) is 6.67 Å². The first kappa shape index (κ1) is 7.53. The smallest absolute Gasteiger partial charge is 0.141 e. The van der Waals surface area contributed by atoms with Gasteiger partial charge in [-0.1, -0.05) is 11.8 Å². The highest BCUT2D eigenvalue weighted by molar-refractivity contribution is 7.99. The van der Waals surface area contributed by atoms with Crippen molar-refractivity contribution in [1.82, 2.24) is 10.2 Å². The summed E-state index contributed by atoms with van der Waals surface area (Å²) in [7, 11) is 0. The molecule has 1 aromatic rings. The molecule has 0 unspecified atom stereocenters. The molecule has 10 heavy (non-hydrogen) atoms. The number of nitrogens with one attached hydrogen (secondary N) is 1. The van der Waals surface area contributed by atoms with Crippen LogP contribution in [0.4, 0.5) is 8.78 Å². The van der Waals surface area contributed by atoms with Crippen LogP contribution in [0, 0.1) is 0 Å². The van der Waals surface area contributed by atoms with Crippen LogP contribution in [0.5, 0.6) is 0 Å². The summed E-state index contributed by atoms with van der Waals surface area (Å²) in [4.78, 5) is 0. The molecule has 0 aliphatic heterocycles. The number of hydrogen-bond acceptors (Lipinski definition) is 2. The van der Waals surface area contributed by atoms with Gasteiger partial charge in [0.15, 0.2) is 0 Å². The number of halogens is 2. The predicted molar refractivity (Wildman–Crippen MR) is 35.2 cm³/mol. The Morgan fingerprint density at radius 3 is 2.90 bits per heavy atom. The van der Waals surface area contributed by atoms with Crippen molar-refractivity contribution in [3.05, 3.63) is 11.8 Å². The maximum absolute atomic E-state index is 11.8. The number of H-pyrrole nitrogens is 1. The highest BCUT2D eigenvalue weighted by Gasteiger charge is 1.99. The second-order valence-corrected chi connectivity index (χ2v) is 2.54. The lowest BCUT2D eigenvalue weighted by Gasteiger charge is -1.82. The lowest BCUT2D eigenvalue weighted by atomic mass is 10.5. The summed E-state index contributed by atoms with van der Waals surface area (Å²) in [5.74, 6) is 0. The molecular weight excluding hydrogens is 158 g/mol. The molecule has 0 amide bonds. The highest BCUT2D eigenvalue weighted by atomic mass is 32.2. The van der Waals surface area contributed by atoms with E-state index in [1.165, 1.54) is 6.07 Å². The third-order valence-corrected chi connectivity index (χ3v) is 1.57. The number of aromatic amines is 1. The van der Waals surface area contributed by atoms with Gasteiger partial charge in [-0.3, -0.25) is 5.10 Å². The molecule has 1 rings (SSSR count). The molecule has 56 valence electrons. The van der Waals surface area contributed by atoms with Gasteiger partial charge in [0.05, 0.1) is 5.69 Å². The number of aromatic nitrogens is 2. The summed E-state index contributed by atoms with van der Waals surface area (Å²) >= 11 is 0.936. The summed E-state index contributed by atoms with van der Waals surface area (Å²) in [6, 6.07) is 0.959. The van der Waals surface area contributed by atoms with Crippen LogP contribution in [0.1, 0.15) is 5.69 Å². The van der Waals surface area contributed by atoms with Crippen molar-refractivity contribution < 1.29 is 8.78 Å². The first-order chi connectivity index (χ1) is 4.86. The van der Waals surface area contributed by atoms with E-state index in [0.29, 0.717) is 10.7 Å². The molecule has 0 bridgehead atoms. The molecule has 2 nitrogen and oxygen atoms in total. The van der Waals surface area contributed by atoms with Gasteiger partial charge in [-0.05, 0) is 6.07 Å². The van der Waals surface area contributed by atoms with Gasteiger partial charge in [-0.15, -0.1) is 0 Å². The minimum Gasteiger partial charge on any atom is -0.279 e. The maximum atomic E-state index is 11.8. The van der Waals surface area contributed by atoms with E-state index in [1.807, 2.05) is 0 Å². The van der Waals surface area contributed by atoms with Crippen LogP contribution in [-0.4, -0.2) is 16.2 Å². The fourth-order valence-corrected chi connectivity index (χ4v) is 0.986. The van der Waals surface area contributed by atoms with E-state index in [4.69, 9.17) is 0 Å². The van der Waals surface area contributed by atoms with Crippen molar-refractivity contribution in [3.8, 4) is 0 Å². The summed E-state index contributed by atoms with van der Waals surface area (Å²) in [6.07, 6.45) is 0. The van der Waals surface area contributed by atoms with E-state index < -0.39 is 12.7 Å². The Bertz CT molecular complexity index is 201. The summed E-state index contributed by atoms with van der Waals surface area (Å²) in [5, 5.41) is 6.56. The fraction of sp³-hybridized carbons (Fsp3) is 0.400. The zero-order valence-electron chi connectivity index (χ0n) is 5.10. The third kappa shape index (κ3) is 1.70. The highest BCUT2D eigenvalue weighted by Crippen LogP contribution is 2.15. The second kappa shape index (κ2) is 3.55. The zero-order valence-corrected chi connectivity index (χ0v) is 5.92. The molecule has 0 aliphatic carbocycles. The zero-order chi connectivity index (χ0) is 7.40. The quantitative estimate of drug-likeness (QED) is 0.691. The van der Waals surface area contributed by atoms with Gasteiger partial charge < -0.3 is 0 Å². The van der Waals surface area contributed by atoms with E-state index in [2.05, 4.69) is 10.2 Å². The average Bonchev–Trinajstić information content (AvgIpc) is 2.37. The molecule has 1 aromatic heterocycles. The van der Waals surface area contributed by atoms with Crippen LogP contribution in [0.3, 0.4) is 0 Å². The number of alkyl halides is 2. The van der Waals surface area contributed by atoms with Gasteiger partial charge in [-0.2, -0.15) is 5.10 Å². The third-order valence-electron chi connectivity index (χ3n) is 0.954. The molecule has 0 aromatic carbocycles.